The van der Waals surface area contributed by atoms with E-state index < -0.39 is 41.8 Å². The van der Waals surface area contributed by atoms with Gasteiger partial charge in [-0.25, -0.2) is 10.4 Å². The summed E-state index contributed by atoms with van der Waals surface area (Å²) in [6, 6.07) is 1.38. The topological polar surface area (TPSA) is 148 Å². The Balaban J connectivity index is 2.68. The third-order valence-corrected chi connectivity index (χ3v) is 4.66. The first-order valence-corrected chi connectivity index (χ1v) is 8.80. The zero-order valence-corrected chi connectivity index (χ0v) is 13.4. The maximum atomic E-state index is 13.1. The van der Waals surface area contributed by atoms with E-state index in [-0.39, 0.29) is 16.6 Å². The lowest BCUT2D eigenvalue weighted by atomic mass is 10.2. The minimum atomic E-state index is -5.03. The predicted octanol–water partition coefficient (Wildman–Crippen LogP) is 0.539. The molecule has 0 spiro atoms. The maximum Gasteiger partial charge on any atom is 0.295 e. The van der Waals surface area contributed by atoms with Crippen molar-refractivity contribution < 1.29 is 34.8 Å². The van der Waals surface area contributed by atoms with Crippen molar-refractivity contribution in [1.29, 1.82) is 0 Å². The molecule has 1 aliphatic rings. The second-order valence-electron chi connectivity index (χ2n) is 4.53. The van der Waals surface area contributed by atoms with E-state index >= 15 is 0 Å². The molecule has 4 N–H and O–H groups in total. The van der Waals surface area contributed by atoms with Gasteiger partial charge in [0.2, 0.25) is 5.95 Å². The fourth-order valence-corrected chi connectivity index (χ4v) is 3.61. The Kier molecular flexibility index (Phi) is 4.60. The van der Waals surface area contributed by atoms with E-state index in [1.165, 1.54) is 6.92 Å². The van der Waals surface area contributed by atoms with E-state index in [9.17, 15) is 25.7 Å². The van der Waals surface area contributed by atoms with Crippen LogP contribution in [0.15, 0.2) is 38.9 Å². The van der Waals surface area contributed by atoms with Gasteiger partial charge in [0.25, 0.3) is 20.2 Å². The van der Waals surface area contributed by atoms with Gasteiger partial charge >= 0.3 is 0 Å². The summed E-state index contributed by atoms with van der Waals surface area (Å²) in [6.07, 6.45) is 0.735. The molecule has 10 nitrogen and oxygen atoms in total. The quantitative estimate of drug-likeness (QED) is 0.333. The Morgan fingerprint density at radius 2 is 1.62 bits per heavy atom. The highest BCUT2D eigenvalue weighted by Gasteiger charge is 2.26. The lowest BCUT2D eigenvalue weighted by Crippen LogP contribution is -2.47. The zero-order chi connectivity index (χ0) is 18.3. The first kappa shape index (κ1) is 18.2. The normalized spacial score (nSPS) is 18.0. The molecule has 0 saturated heterocycles. The summed E-state index contributed by atoms with van der Waals surface area (Å²) in [5, 5.41) is -0.361. The lowest BCUT2D eigenvalue weighted by Gasteiger charge is -2.19. The second-order valence-corrected chi connectivity index (χ2v) is 7.31. The molecular formula is C10H10F2N4O6S2. The van der Waals surface area contributed by atoms with Crippen molar-refractivity contribution in [1.82, 2.24) is 16.2 Å². The van der Waals surface area contributed by atoms with Crippen molar-refractivity contribution in [3.05, 3.63) is 29.7 Å². The molecule has 0 fully saturated rings. The number of benzene rings is 1. The van der Waals surface area contributed by atoms with E-state index in [2.05, 4.69) is 4.99 Å². The van der Waals surface area contributed by atoms with Crippen LogP contribution in [0.1, 0.15) is 5.56 Å². The predicted molar refractivity (Wildman–Crippen MR) is 76.3 cm³/mol. The highest BCUT2D eigenvalue weighted by molar-refractivity contribution is 7.89. The van der Waals surface area contributed by atoms with Gasteiger partial charge in [-0.2, -0.15) is 21.2 Å². The minimum Gasteiger partial charge on any atom is -0.282 e. The molecule has 132 valence electrons. The number of hydrogen-bond donors (Lipinski definition) is 4. The molecule has 1 aromatic rings. The van der Waals surface area contributed by atoms with Crippen molar-refractivity contribution >= 4 is 31.8 Å². The smallest absolute Gasteiger partial charge is 0.282 e. The van der Waals surface area contributed by atoms with Gasteiger partial charge in [0.1, 0.15) is 15.6 Å². The van der Waals surface area contributed by atoms with Crippen molar-refractivity contribution in [3.63, 3.8) is 0 Å². The molecule has 24 heavy (non-hydrogen) atoms. The molecule has 1 aliphatic heterocycles. The molecule has 0 radical (unpaired) electrons. The van der Waals surface area contributed by atoms with Crippen molar-refractivity contribution in [3.8, 4) is 0 Å². The number of aryl methyl sites for hydroxylation is 1. The molecule has 0 aromatic heterocycles. The molecule has 14 heteroatoms. The third-order valence-electron chi connectivity index (χ3n) is 2.74. The summed E-state index contributed by atoms with van der Waals surface area (Å²) in [4.78, 5) is 1.54. The SMILES string of the molecule is Cc1cc(S(=O)(=O)O)c(S(=O)(=O)O)cc1N=C1C=C(F)NN(F)N1. The average molecular weight is 384 g/mol. The van der Waals surface area contributed by atoms with Crippen LogP contribution in [0.5, 0.6) is 0 Å². The molecule has 0 unspecified atom stereocenters. The Bertz CT molecular complexity index is 958. The van der Waals surface area contributed by atoms with Gasteiger partial charge in [0.05, 0.1) is 5.69 Å². The van der Waals surface area contributed by atoms with Crippen molar-refractivity contribution in [2.75, 3.05) is 0 Å². The highest BCUT2D eigenvalue weighted by Crippen LogP contribution is 2.30. The van der Waals surface area contributed by atoms with E-state index in [0.29, 0.717) is 6.07 Å². The monoisotopic (exact) mass is 384 g/mol. The van der Waals surface area contributed by atoms with Gasteiger partial charge in [-0.3, -0.25) is 14.5 Å². The van der Waals surface area contributed by atoms with Gasteiger partial charge in [-0.1, -0.05) is 4.48 Å². The summed E-state index contributed by atoms with van der Waals surface area (Å²) in [7, 11) is -9.99. The van der Waals surface area contributed by atoms with Crippen LogP contribution in [-0.4, -0.2) is 37.1 Å². The van der Waals surface area contributed by atoms with Gasteiger partial charge in [-0.05, 0) is 24.6 Å². The highest BCUT2D eigenvalue weighted by atomic mass is 32.2. The van der Waals surface area contributed by atoms with Crippen LogP contribution in [0, 0.1) is 6.92 Å². The van der Waals surface area contributed by atoms with Crippen LogP contribution in [0.4, 0.5) is 14.6 Å². The van der Waals surface area contributed by atoms with Crippen molar-refractivity contribution in [2.24, 2.45) is 4.99 Å². The van der Waals surface area contributed by atoms with Crippen LogP contribution in [-0.2, 0) is 20.2 Å². The molecule has 0 bridgehead atoms. The van der Waals surface area contributed by atoms with Crippen LogP contribution < -0.4 is 10.9 Å². The Morgan fingerprint density at radius 3 is 2.12 bits per heavy atom. The van der Waals surface area contributed by atoms with Gasteiger partial charge in [0, 0.05) is 11.4 Å². The maximum absolute atomic E-state index is 13.1. The number of nitrogens with zero attached hydrogens (tertiary/aromatic N) is 2. The minimum absolute atomic E-state index is 0.0436. The van der Waals surface area contributed by atoms with E-state index in [0.717, 1.165) is 12.1 Å². The third kappa shape index (κ3) is 4.04. The molecule has 0 aliphatic carbocycles. The number of nitrogens with one attached hydrogen (secondary N) is 2. The van der Waals surface area contributed by atoms with Crippen molar-refractivity contribution in [2.45, 2.75) is 16.7 Å². The number of hydrazine groups is 2. The Hall–Kier alpha value is -2.13. The zero-order valence-electron chi connectivity index (χ0n) is 11.7. The number of halogens is 2. The number of amidine groups is 1. The van der Waals surface area contributed by atoms with E-state index in [4.69, 9.17) is 9.11 Å². The molecule has 1 aromatic carbocycles. The van der Waals surface area contributed by atoms with Gasteiger partial charge in [-0.15, -0.1) is 0 Å². The van der Waals surface area contributed by atoms with Gasteiger partial charge < -0.3 is 0 Å². The fraction of sp³-hybridized carbons (Fsp3) is 0.100. The molecule has 0 amide bonds. The number of hydrogen-bond acceptors (Lipinski definition) is 7. The molecule has 1 heterocycles. The van der Waals surface area contributed by atoms with Crippen LogP contribution in [0.2, 0.25) is 0 Å². The molecule has 2 rings (SSSR count). The van der Waals surface area contributed by atoms with Gasteiger partial charge in [0.15, 0.2) is 0 Å². The summed E-state index contributed by atoms with van der Waals surface area (Å²) in [5.41, 5.74) is 3.35. The summed E-state index contributed by atoms with van der Waals surface area (Å²) < 4.78 is 89.4. The largest absolute Gasteiger partial charge is 0.295 e. The second kappa shape index (κ2) is 6.06. The molecule has 0 saturated carbocycles. The van der Waals surface area contributed by atoms with Crippen LogP contribution >= 0.6 is 0 Å². The Labute approximate surface area is 134 Å². The first-order chi connectivity index (χ1) is 10.9. The number of aliphatic imine (C=N–C) groups is 1. The van der Waals surface area contributed by atoms with Crippen LogP contribution in [0.3, 0.4) is 0 Å². The first-order valence-electron chi connectivity index (χ1n) is 5.92. The standard InChI is InChI=1S/C10H10F2N4O6S2/c1-5-2-7(23(17,18)19)8(24(20,21)22)3-6(5)13-10-4-9(11)14-16(12)15-10/h2-4,14H,1H3,(H,13,15)(H,17,18,19)(H,20,21,22). The average Bonchev–Trinajstić information content (AvgIpc) is 2.37. The summed E-state index contributed by atoms with van der Waals surface area (Å²) >= 11 is 0. The van der Waals surface area contributed by atoms with E-state index in [1.807, 2.05) is 5.43 Å². The Morgan fingerprint density at radius 1 is 1.08 bits per heavy atom. The lowest BCUT2D eigenvalue weighted by molar-refractivity contribution is -0.0612. The molecular weight excluding hydrogens is 374 g/mol. The molecule has 0 atom stereocenters. The number of rotatable bonds is 3. The van der Waals surface area contributed by atoms with Crippen LogP contribution in [0.25, 0.3) is 0 Å². The van der Waals surface area contributed by atoms with E-state index in [1.54, 1.807) is 5.43 Å². The summed E-state index contributed by atoms with van der Waals surface area (Å²) in [5.74, 6) is -1.50. The summed E-state index contributed by atoms with van der Waals surface area (Å²) in [6.45, 7) is 1.30. The fourth-order valence-electron chi connectivity index (χ4n) is 1.77.